The van der Waals surface area contributed by atoms with E-state index in [1.54, 1.807) is 6.07 Å². The predicted octanol–water partition coefficient (Wildman–Crippen LogP) is 7.07. The first-order chi connectivity index (χ1) is 20.9. The van der Waals surface area contributed by atoms with Gasteiger partial charge in [0.1, 0.15) is 5.75 Å². The van der Waals surface area contributed by atoms with Crippen molar-refractivity contribution in [2.75, 3.05) is 17.2 Å². The van der Waals surface area contributed by atoms with E-state index >= 15 is 0 Å². The number of nitrogens with zero attached hydrogens (tertiary/aromatic N) is 3. The number of amides is 2. The van der Waals surface area contributed by atoms with Crippen LogP contribution in [0.25, 0.3) is 11.4 Å². The Morgan fingerprint density at radius 2 is 1.56 bits per heavy atom. The molecule has 0 aliphatic carbocycles. The summed E-state index contributed by atoms with van der Waals surface area (Å²) >= 11 is 1.35. The van der Waals surface area contributed by atoms with E-state index < -0.39 is 5.25 Å². The van der Waals surface area contributed by atoms with Gasteiger partial charge in [0.2, 0.25) is 5.91 Å². The molecule has 1 heterocycles. The zero-order valence-electron chi connectivity index (χ0n) is 24.3. The summed E-state index contributed by atoms with van der Waals surface area (Å²) in [6.07, 6.45) is 0. The van der Waals surface area contributed by atoms with Crippen molar-refractivity contribution >= 4 is 35.0 Å². The highest BCUT2D eigenvalue weighted by molar-refractivity contribution is 8.00. The molecular weight excluding hydrogens is 558 g/mol. The Morgan fingerprint density at radius 1 is 0.860 bits per heavy atom. The number of anilines is 2. The van der Waals surface area contributed by atoms with Crippen molar-refractivity contribution in [2.24, 2.45) is 0 Å². The summed E-state index contributed by atoms with van der Waals surface area (Å²) in [5, 5.41) is 15.1. The maximum absolute atomic E-state index is 13.1. The number of ether oxygens (including phenoxy) is 1. The van der Waals surface area contributed by atoms with Gasteiger partial charge in [-0.05, 0) is 87.0 Å². The second-order valence-corrected chi connectivity index (χ2v) is 11.3. The Bertz CT molecular complexity index is 1690. The molecule has 0 fully saturated rings. The van der Waals surface area contributed by atoms with Gasteiger partial charge in [-0.25, -0.2) is 0 Å². The van der Waals surface area contributed by atoms with Crippen LogP contribution in [0.3, 0.4) is 0 Å². The lowest BCUT2D eigenvalue weighted by Crippen LogP contribution is -2.23. The van der Waals surface area contributed by atoms with E-state index in [9.17, 15) is 9.59 Å². The van der Waals surface area contributed by atoms with Gasteiger partial charge >= 0.3 is 0 Å². The molecule has 218 valence electrons. The van der Waals surface area contributed by atoms with E-state index in [2.05, 4.69) is 20.8 Å². The molecule has 0 spiro atoms. The smallest absolute Gasteiger partial charge is 0.255 e. The number of rotatable bonds is 11. The van der Waals surface area contributed by atoms with Crippen LogP contribution in [0.5, 0.6) is 5.75 Å². The molecule has 0 aliphatic heterocycles. The monoisotopic (exact) mass is 591 g/mol. The van der Waals surface area contributed by atoms with Gasteiger partial charge < -0.3 is 15.4 Å². The number of nitrogens with one attached hydrogen (secondary N) is 2. The van der Waals surface area contributed by atoms with Crippen molar-refractivity contribution in [3.8, 4) is 17.1 Å². The molecule has 5 rings (SSSR count). The second-order valence-electron chi connectivity index (χ2n) is 9.99. The lowest BCUT2D eigenvalue weighted by Gasteiger charge is -2.14. The highest BCUT2D eigenvalue weighted by Crippen LogP contribution is 2.29. The molecule has 8 nitrogen and oxygen atoms in total. The number of aromatic nitrogens is 3. The Hall–Kier alpha value is -4.89. The van der Waals surface area contributed by atoms with Crippen LogP contribution in [0, 0.1) is 6.92 Å². The number of hydrogen-bond donors (Lipinski definition) is 2. The second kappa shape index (κ2) is 13.8. The molecule has 9 heteroatoms. The SMILES string of the molecule is CCOc1ccc(NC(=O)[C@H](C)Sc2nnc(-c3ccc(NC(=O)c4cccc(C)c4)cc3)n2Cc2ccccc2)cc1. The van der Waals surface area contributed by atoms with Crippen LogP contribution in [-0.4, -0.2) is 38.4 Å². The summed E-state index contributed by atoms with van der Waals surface area (Å²) in [6, 6.07) is 32.4. The first kappa shape index (κ1) is 29.6. The van der Waals surface area contributed by atoms with Crippen LogP contribution < -0.4 is 15.4 Å². The van der Waals surface area contributed by atoms with Gasteiger partial charge in [-0.3, -0.25) is 14.2 Å². The van der Waals surface area contributed by atoms with E-state index in [0.717, 1.165) is 22.4 Å². The third-order valence-electron chi connectivity index (χ3n) is 6.67. The first-order valence-electron chi connectivity index (χ1n) is 14.1. The van der Waals surface area contributed by atoms with E-state index in [1.807, 2.05) is 122 Å². The molecule has 43 heavy (non-hydrogen) atoms. The van der Waals surface area contributed by atoms with Crippen LogP contribution in [0.2, 0.25) is 0 Å². The van der Waals surface area contributed by atoms with Crippen LogP contribution in [0.1, 0.15) is 35.3 Å². The summed E-state index contributed by atoms with van der Waals surface area (Å²) in [4.78, 5) is 25.8. The molecule has 2 amide bonds. The maximum Gasteiger partial charge on any atom is 0.255 e. The van der Waals surface area contributed by atoms with Crippen LogP contribution in [0.4, 0.5) is 11.4 Å². The van der Waals surface area contributed by atoms with Crippen molar-refractivity contribution in [3.63, 3.8) is 0 Å². The summed E-state index contributed by atoms with van der Waals surface area (Å²) in [6.45, 7) is 6.85. The molecule has 0 aliphatic rings. The zero-order chi connectivity index (χ0) is 30.2. The number of carbonyl (C=O) groups excluding carboxylic acids is 2. The van der Waals surface area contributed by atoms with E-state index in [0.29, 0.717) is 41.1 Å². The van der Waals surface area contributed by atoms with Crippen molar-refractivity contribution in [3.05, 3.63) is 120 Å². The maximum atomic E-state index is 13.1. The quantitative estimate of drug-likeness (QED) is 0.159. The number of aryl methyl sites for hydroxylation is 1. The minimum atomic E-state index is -0.433. The van der Waals surface area contributed by atoms with E-state index in [4.69, 9.17) is 4.74 Å². The molecule has 1 aromatic heterocycles. The topological polar surface area (TPSA) is 98.1 Å². The van der Waals surface area contributed by atoms with Crippen LogP contribution >= 0.6 is 11.8 Å². The average molecular weight is 592 g/mol. The molecule has 2 N–H and O–H groups in total. The zero-order valence-corrected chi connectivity index (χ0v) is 25.1. The molecule has 0 radical (unpaired) electrons. The van der Waals surface area contributed by atoms with Crippen molar-refractivity contribution in [1.29, 1.82) is 0 Å². The summed E-state index contributed by atoms with van der Waals surface area (Å²) in [5.74, 6) is 1.12. The van der Waals surface area contributed by atoms with Gasteiger partial charge in [0.05, 0.1) is 18.4 Å². The van der Waals surface area contributed by atoms with E-state index in [1.165, 1.54) is 11.8 Å². The standard InChI is InChI=1S/C34H33N5O3S/c1-4-42-30-19-17-29(18-20-30)35-32(40)24(3)43-34-38-37-31(39(34)22-25-10-6-5-7-11-25)26-13-15-28(16-14-26)36-33(41)27-12-8-9-23(2)21-27/h5-21,24H,4,22H2,1-3H3,(H,35,40)(H,36,41)/t24-/m0/s1. The third-order valence-corrected chi connectivity index (χ3v) is 7.75. The molecule has 0 saturated carbocycles. The molecular formula is C34H33N5O3S. The lowest BCUT2D eigenvalue weighted by atomic mass is 10.1. The van der Waals surface area contributed by atoms with Gasteiger partial charge in [0, 0.05) is 22.5 Å². The van der Waals surface area contributed by atoms with Crippen LogP contribution in [0.15, 0.2) is 108 Å². The molecule has 5 aromatic rings. The van der Waals surface area contributed by atoms with Crippen molar-refractivity contribution < 1.29 is 14.3 Å². The number of benzene rings is 4. The summed E-state index contributed by atoms with van der Waals surface area (Å²) in [5.41, 5.74) is 4.93. The Balaban J connectivity index is 1.33. The minimum absolute atomic E-state index is 0.140. The third kappa shape index (κ3) is 7.69. The molecule has 4 aromatic carbocycles. The Kier molecular flexibility index (Phi) is 9.53. The average Bonchev–Trinajstić information content (AvgIpc) is 3.40. The van der Waals surface area contributed by atoms with Crippen LogP contribution in [-0.2, 0) is 11.3 Å². The van der Waals surface area contributed by atoms with E-state index in [-0.39, 0.29) is 11.8 Å². The fraction of sp³-hybridized carbons (Fsp3) is 0.176. The van der Waals surface area contributed by atoms with Gasteiger partial charge in [-0.1, -0.05) is 59.8 Å². The lowest BCUT2D eigenvalue weighted by molar-refractivity contribution is -0.115. The van der Waals surface area contributed by atoms with Crippen molar-refractivity contribution in [1.82, 2.24) is 14.8 Å². The number of thioether (sulfide) groups is 1. The van der Waals surface area contributed by atoms with Gasteiger partial charge in [-0.2, -0.15) is 0 Å². The fourth-order valence-corrected chi connectivity index (χ4v) is 5.30. The van der Waals surface area contributed by atoms with Gasteiger partial charge in [0.15, 0.2) is 11.0 Å². The van der Waals surface area contributed by atoms with Crippen molar-refractivity contribution in [2.45, 2.75) is 37.7 Å². The normalized spacial score (nSPS) is 11.5. The molecule has 0 bridgehead atoms. The fourth-order valence-electron chi connectivity index (χ4n) is 4.45. The Labute approximate surface area is 255 Å². The molecule has 0 unspecified atom stereocenters. The van der Waals surface area contributed by atoms with Gasteiger partial charge in [-0.15, -0.1) is 10.2 Å². The Morgan fingerprint density at radius 3 is 2.26 bits per heavy atom. The highest BCUT2D eigenvalue weighted by atomic mass is 32.2. The number of carbonyl (C=O) groups is 2. The first-order valence-corrected chi connectivity index (χ1v) is 14.9. The number of hydrogen-bond acceptors (Lipinski definition) is 6. The largest absolute Gasteiger partial charge is 0.494 e. The minimum Gasteiger partial charge on any atom is -0.494 e. The van der Waals surface area contributed by atoms with Gasteiger partial charge in [0.25, 0.3) is 5.91 Å². The highest BCUT2D eigenvalue weighted by Gasteiger charge is 2.21. The molecule has 1 atom stereocenters. The summed E-state index contributed by atoms with van der Waals surface area (Å²) < 4.78 is 7.50. The predicted molar refractivity (Wildman–Crippen MR) is 172 cm³/mol. The molecule has 0 saturated heterocycles. The summed E-state index contributed by atoms with van der Waals surface area (Å²) in [7, 11) is 0.